The number of anilines is 1. The molecule has 0 aliphatic carbocycles. The summed E-state index contributed by atoms with van der Waals surface area (Å²) < 4.78 is 1.99. The lowest BCUT2D eigenvalue weighted by molar-refractivity contribution is -0.115. The molecule has 0 radical (unpaired) electrons. The minimum Gasteiger partial charge on any atom is -0.324 e. The Morgan fingerprint density at radius 2 is 1.76 bits per heavy atom. The van der Waals surface area contributed by atoms with E-state index >= 15 is 0 Å². The van der Waals surface area contributed by atoms with Gasteiger partial charge in [-0.15, -0.1) is 10.2 Å². The van der Waals surface area contributed by atoms with Crippen LogP contribution in [0.3, 0.4) is 0 Å². The SMILES string of the molecule is CC(=O)c1ccccc1NC(=O)C(C)Sc1nnc(-c2cccnc2)n1Cc1ccccc1. The molecule has 166 valence electrons. The van der Waals surface area contributed by atoms with Crippen molar-refractivity contribution in [3.8, 4) is 11.4 Å². The van der Waals surface area contributed by atoms with Gasteiger partial charge >= 0.3 is 0 Å². The second-order valence-electron chi connectivity index (χ2n) is 7.47. The fourth-order valence-corrected chi connectivity index (χ4v) is 4.19. The highest BCUT2D eigenvalue weighted by Crippen LogP contribution is 2.28. The van der Waals surface area contributed by atoms with Gasteiger partial charge < -0.3 is 5.32 Å². The Balaban J connectivity index is 1.59. The van der Waals surface area contributed by atoms with Gasteiger partial charge in [-0.25, -0.2) is 0 Å². The third kappa shape index (κ3) is 5.35. The standard InChI is InChI=1S/C25H23N5O2S/c1-17(31)21-12-6-7-13-22(21)27-24(32)18(2)33-25-29-28-23(20-11-8-14-26-15-20)30(25)16-19-9-4-3-5-10-19/h3-15,18H,16H2,1-2H3,(H,27,32). The van der Waals surface area contributed by atoms with E-state index < -0.39 is 5.25 Å². The quantitative estimate of drug-likeness (QED) is 0.304. The summed E-state index contributed by atoms with van der Waals surface area (Å²) in [6.07, 6.45) is 3.46. The van der Waals surface area contributed by atoms with E-state index in [9.17, 15) is 9.59 Å². The van der Waals surface area contributed by atoms with Gasteiger partial charge in [0.1, 0.15) is 0 Å². The second kappa shape index (κ2) is 10.2. The Morgan fingerprint density at radius 1 is 1.00 bits per heavy atom. The number of hydrogen-bond donors (Lipinski definition) is 1. The molecule has 0 aliphatic rings. The van der Waals surface area contributed by atoms with Crippen molar-refractivity contribution in [2.75, 3.05) is 5.32 Å². The average molecular weight is 458 g/mol. The molecule has 2 heterocycles. The fourth-order valence-electron chi connectivity index (χ4n) is 3.34. The molecule has 8 heteroatoms. The lowest BCUT2D eigenvalue weighted by Gasteiger charge is -2.15. The number of Topliss-reactive ketones (excluding diaryl/α,β-unsaturated/α-hetero) is 1. The zero-order valence-electron chi connectivity index (χ0n) is 18.3. The van der Waals surface area contributed by atoms with E-state index in [1.54, 1.807) is 36.7 Å². The largest absolute Gasteiger partial charge is 0.324 e. The van der Waals surface area contributed by atoms with Gasteiger partial charge in [-0.3, -0.25) is 19.1 Å². The lowest BCUT2D eigenvalue weighted by Crippen LogP contribution is -2.24. The first kappa shape index (κ1) is 22.4. The van der Waals surface area contributed by atoms with E-state index in [4.69, 9.17) is 0 Å². The number of carbonyl (C=O) groups excluding carboxylic acids is 2. The van der Waals surface area contributed by atoms with Crippen LogP contribution in [0.25, 0.3) is 11.4 Å². The Labute approximate surface area is 196 Å². The van der Waals surface area contributed by atoms with Gasteiger partial charge in [0, 0.05) is 23.5 Å². The number of ketones is 1. The van der Waals surface area contributed by atoms with Crippen molar-refractivity contribution in [2.24, 2.45) is 0 Å². The van der Waals surface area contributed by atoms with Gasteiger partial charge in [0.15, 0.2) is 16.8 Å². The molecule has 0 saturated carbocycles. The number of carbonyl (C=O) groups is 2. The summed E-state index contributed by atoms with van der Waals surface area (Å²) >= 11 is 1.32. The van der Waals surface area contributed by atoms with E-state index in [0.29, 0.717) is 28.8 Å². The molecule has 0 aliphatic heterocycles. The summed E-state index contributed by atoms with van der Waals surface area (Å²) in [7, 11) is 0. The van der Waals surface area contributed by atoms with Crippen LogP contribution in [0.15, 0.2) is 84.3 Å². The molecule has 0 fully saturated rings. The number of rotatable bonds is 8. The molecular weight excluding hydrogens is 434 g/mol. The Kier molecular flexibility index (Phi) is 6.95. The highest BCUT2D eigenvalue weighted by Gasteiger charge is 2.22. The number of nitrogens with zero attached hydrogens (tertiary/aromatic N) is 4. The van der Waals surface area contributed by atoms with E-state index in [-0.39, 0.29) is 11.7 Å². The molecule has 0 bridgehead atoms. The van der Waals surface area contributed by atoms with Gasteiger partial charge in [0.2, 0.25) is 5.91 Å². The number of para-hydroxylation sites is 1. The maximum Gasteiger partial charge on any atom is 0.237 e. The van der Waals surface area contributed by atoms with Crippen LogP contribution >= 0.6 is 11.8 Å². The minimum atomic E-state index is -0.467. The third-order valence-corrected chi connectivity index (χ3v) is 6.12. The highest BCUT2D eigenvalue weighted by atomic mass is 32.2. The van der Waals surface area contributed by atoms with Gasteiger partial charge in [0.05, 0.1) is 17.5 Å². The predicted molar refractivity (Wildman–Crippen MR) is 129 cm³/mol. The molecule has 7 nitrogen and oxygen atoms in total. The number of benzene rings is 2. The molecule has 2 aromatic carbocycles. The second-order valence-corrected chi connectivity index (χ2v) is 8.78. The van der Waals surface area contributed by atoms with E-state index in [1.165, 1.54) is 18.7 Å². The van der Waals surface area contributed by atoms with Crippen molar-refractivity contribution in [1.82, 2.24) is 19.7 Å². The van der Waals surface area contributed by atoms with Gasteiger partial charge in [-0.1, -0.05) is 54.2 Å². The van der Waals surface area contributed by atoms with Crippen molar-refractivity contribution >= 4 is 29.1 Å². The molecule has 2 aromatic heterocycles. The molecule has 4 aromatic rings. The Morgan fingerprint density at radius 3 is 2.48 bits per heavy atom. The number of amides is 1. The molecule has 4 rings (SSSR count). The molecule has 1 amide bonds. The van der Waals surface area contributed by atoms with Crippen LogP contribution in [-0.4, -0.2) is 36.7 Å². The molecule has 0 spiro atoms. The molecule has 33 heavy (non-hydrogen) atoms. The van der Waals surface area contributed by atoms with Crippen molar-refractivity contribution < 1.29 is 9.59 Å². The number of nitrogens with one attached hydrogen (secondary N) is 1. The zero-order chi connectivity index (χ0) is 23.2. The third-order valence-electron chi connectivity index (χ3n) is 5.04. The van der Waals surface area contributed by atoms with Crippen molar-refractivity contribution in [3.63, 3.8) is 0 Å². The number of aromatic nitrogens is 4. The maximum atomic E-state index is 12.9. The summed E-state index contributed by atoms with van der Waals surface area (Å²) in [4.78, 5) is 29.0. The van der Waals surface area contributed by atoms with Crippen molar-refractivity contribution in [1.29, 1.82) is 0 Å². The maximum absolute atomic E-state index is 12.9. The number of pyridine rings is 1. The molecule has 0 saturated heterocycles. The fraction of sp³-hybridized carbons (Fsp3) is 0.160. The van der Waals surface area contributed by atoms with Gasteiger partial charge in [-0.2, -0.15) is 0 Å². The Bertz CT molecular complexity index is 1260. The summed E-state index contributed by atoms with van der Waals surface area (Å²) in [5.74, 6) is 0.366. The van der Waals surface area contributed by atoms with Crippen LogP contribution in [0.4, 0.5) is 5.69 Å². The molecule has 1 unspecified atom stereocenters. The van der Waals surface area contributed by atoms with Crippen LogP contribution in [0.2, 0.25) is 0 Å². The number of hydrogen-bond acceptors (Lipinski definition) is 6. The van der Waals surface area contributed by atoms with Gasteiger partial charge in [-0.05, 0) is 43.7 Å². The van der Waals surface area contributed by atoms with Crippen molar-refractivity contribution in [2.45, 2.75) is 30.8 Å². The Hall–Kier alpha value is -3.78. The van der Waals surface area contributed by atoms with Crippen LogP contribution < -0.4 is 5.32 Å². The van der Waals surface area contributed by atoms with Gasteiger partial charge in [0.25, 0.3) is 0 Å². The smallest absolute Gasteiger partial charge is 0.237 e. The normalized spacial score (nSPS) is 11.7. The van der Waals surface area contributed by atoms with E-state index in [2.05, 4.69) is 20.5 Å². The van der Waals surface area contributed by atoms with E-state index in [1.807, 2.05) is 54.0 Å². The summed E-state index contributed by atoms with van der Waals surface area (Å²) in [5, 5.41) is 11.8. The molecule has 1 N–H and O–H groups in total. The van der Waals surface area contributed by atoms with Crippen LogP contribution in [0.5, 0.6) is 0 Å². The zero-order valence-corrected chi connectivity index (χ0v) is 19.1. The molecular formula is C25H23N5O2S. The van der Waals surface area contributed by atoms with Crippen LogP contribution in [-0.2, 0) is 11.3 Å². The van der Waals surface area contributed by atoms with Crippen LogP contribution in [0, 0.1) is 0 Å². The topological polar surface area (TPSA) is 89.8 Å². The average Bonchev–Trinajstić information content (AvgIpc) is 3.22. The van der Waals surface area contributed by atoms with E-state index in [0.717, 1.165) is 11.1 Å². The monoisotopic (exact) mass is 457 g/mol. The highest BCUT2D eigenvalue weighted by molar-refractivity contribution is 8.00. The summed E-state index contributed by atoms with van der Waals surface area (Å²) in [5.41, 5.74) is 2.93. The predicted octanol–water partition coefficient (Wildman–Crippen LogP) is 4.71. The first-order valence-corrected chi connectivity index (χ1v) is 11.4. The van der Waals surface area contributed by atoms with Crippen molar-refractivity contribution in [3.05, 3.63) is 90.3 Å². The first-order valence-electron chi connectivity index (χ1n) is 10.5. The summed E-state index contributed by atoms with van der Waals surface area (Å²) in [6.45, 7) is 3.85. The molecule has 1 atom stereocenters. The van der Waals surface area contributed by atoms with Crippen LogP contribution in [0.1, 0.15) is 29.8 Å². The summed E-state index contributed by atoms with van der Waals surface area (Å²) in [6, 6.07) is 20.8. The lowest BCUT2D eigenvalue weighted by atomic mass is 10.1. The number of thioether (sulfide) groups is 1. The minimum absolute atomic E-state index is 0.102. The first-order chi connectivity index (χ1) is 16.0.